The Balaban J connectivity index is 2.82. The van der Waals surface area contributed by atoms with E-state index in [0.29, 0.717) is 23.7 Å². The second-order valence-electron chi connectivity index (χ2n) is 4.27. The summed E-state index contributed by atoms with van der Waals surface area (Å²) in [5.74, 6) is -0.277. The van der Waals surface area contributed by atoms with Gasteiger partial charge in [-0.2, -0.15) is 0 Å². The van der Waals surface area contributed by atoms with Crippen molar-refractivity contribution in [1.29, 1.82) is 0 Å². The van der Waals surface area contributed by atoms with Crippen molar-refractivity contribution in [3.05, 3.63) is 23.8 Å². The first-order valence-corrected chi connectivity index (χ1v) is 6.31. The van der Waals surface area contributed by atoms with E-state index in [2.05, 4.69) is 5.32 Å². The van der Waals surface area contributed by atoms with Crippen LogP contribution in [0, 0.1) is 0 Å². The first-order chi connectivity index (χ1) is 9.47. The molecule has 1 aromatic rings. The smallest absolute Gasteiger partial charge is 0.305 e. The van der Waals surface area contributed by atoms with E-state index in [1.54, 1.807) is 25.1 Å². The number of carbonyl (C=O) groups is 2. The van der Waals surface area contributed by atoms with Gasteiger partial charge in [-0.25, -0.2) is 0 Å². The molecule has 0 aliphatic carbocycles. The number of carbonyl (C=O) groups excluding carboxylic acids is 1. The Bertz CT molecular complexity index is 486. The number of carboxylic acids is 1. The molecule has 110 valence electrons. The standard InChI is InChI=1S/C14H19NO5/c1-4-20-12-8-10(5-6-11(12)19-3)14(18)15-9(2)7-13(16)17/h5-6,8-9H,4,7H2,1-3H3,(H,15,18)(H,16,17). The summed E-state index contributed by atoms with van der Waals surface area (Å²) in [6, 6.07) is 4.37. The van der Waals surface area contributed by atoms with Crippen molar-refractivity contribution in [1.82, 2.24) is 5.32 Å². The monoisotopic (exact) mass is 281 g/mol. The summed E-state index contributed by atoms with van der Waals surface area (Å²) in [7, 11) is 1.52. The summed E-state index contributed by atoms with van der Waals surface area (Å²) >= 11 is 0. The van der Waals surface area contributed by atoms with Crippen LogP contribution in [0.4, 0.5) is 0 Å². The number of hydrogen-bond donors (Lipinski definition) is 2. The number of aliphatic carboxylic acids is 1. The lowest BCUT2D eigenvalue weighted by atomic mass is 10.1. The number of methoxy groups -OCH3 is 1. The number of carboxylic acid groups (broad SMARTS) is 1. The van der Waals surface area contributed by atoms with E-state index in [-0.39, 0.29) is 12.3 Å². The maximum atomic E-state index is 12.0. The van der Waals surface area contributed by atoms with Gasteiger partial charge in [-0.1, -0.05) is 0 Å². The summed E-state index contributed by atoms with van der Waals surface area (Å²) < 4.78 is 10.5. The van der Waals surface area contributed by atoms with Crippen LogP contribution in [0.3, 0.4) is 0 Å². The minimum atomic E-state index is -0.956. The van der Waals surface area contributed by atoms with Gasteiger partial charge in [0.15, 0.2) is 11.5 Å². The SMILES string of the molecule is CCOc1cc(C(=O)NC(C)CC(=O)O)ccc1OC. The van der Waals surface area contributed by atoms with E-state index in [0.717, 1.165) is 0 Å². The highest BCUT2D eigenvalue weighted by atomic mass is 16.5. The van der Waals surface area contributed by atoms with Crippen molar-refractivity contribution in [3.8, 4) is 11.5 Å². The van der Waals surface area contributed by atoms with Gasteiger partial charge in [0.25, 0.3) is 5.91 Å². The Kier molecular flexibility index (Phi) is 5.83. The molecule has 6 heteroatoms. The van der Waals surface area contributed by atoms with Gasteiger partial charge >= 0.3 is 5.97 Å². The van der Waals surface area contributed by atoms with Crippen LogP contribution in [0.25, 0.3) is 0 Å². The molecule has 2 N–H and O–H groups in total. The first-order valence-electron chi connectivity index (χ1n) is 6.31. The van der Waals surface area contributed by atoms with Crippen LogP contribution in [0.5, 0.6) is 11.5 Å². The highest BCUT2D eigenvalue weighted by molar-refractivity contribution is 5.95. The molecule has 0 spiro atoms. The maximum Gasteiger partial charge on any atom is 0.305 e. The summed E-state index contributed by atoms with van der Waals surface area (Å²) in [4.78, 5) is 22.6. The molecule has 0 radical (unpaired) electrons. The first kappa shape index (κ1) is 15.8. The minimum absolute atomic E-state index is 0.125. The van der Waals surface area contributed by atoms with Gasteiger partial charge in [0.1, 0.15) is 0 Å². The lowest BCUT2D eigenvalue weighted by Gasteiger charge is -2.14. The molecule has 0 aliphatic heterocycles. The molecule has 1 amide bonds. The van der Waals surface area contributed by atoms with Gasteiger partial charge < -0.3 is 19.9 Å². The molecular formula is C14H19NO5. The van der Waals surface area contributed by atoms with Crippen molar-refractivity contribution in [2.75, 3.05) is 13.7 Å². The summed E-state index contributed by atoms with van der Waals surface area (Å²) in [6.45, 7) is 3.93. The van der Waals surface area contributed by atoms with E-state index >= 15 is 0 Å². The van der Waals surface area contributed by atoms with Crippen LogP contribution >= 0.6 is 0 Å². The molecule has 0 bridgehead atoms. The second kappa shape index (κ2) is 7.37. The minimum Gasteiger partial charge on any atom is -0.493 e. The zero-order chi connectivity index (χ0) is 15.1. The number of rotatable bonds is 7. The molecular weight excluding hydrogens is 262 g/mol. The maximum absolute atomic E-state index is 12.0. The largest absolute Gasteiger partial charge is 0.493 e. The number of nitrogens with one attached hydrogen (secondary N) is 1. The molecule has 1 aromatic carbocycles. The van der Waals surface area contributed by atoms with Crippen LogP contribution in [0.15, 0.2) is 18.2 Å². The Hall–Kier alpha value is -2.24. The zero-order valence-electron chi connectivity index (χ0n) is 11.8. The molecule has 0 heterocycles. The van der Waals surface area contributed by atoms with Gasteiger partial charge in [-0.3, -0.25) is 9.59 Å². The van der Waals surface area contributed by atoms with Crippen molar-refractivity contribution in [2.24, 2.45) is 0 Å². The van der Waals surface area contributed by atoms with Crippen LogP contribution < -0.4 is 14.8 Å². The third kappa shape index (κ3) is 4.46. The fourth-order valence-electron chi connectivity index (χ4n) is 1.71. The highest BCUT2D eigenvalue weighted by Gasteiger charge is 2.14. The normalized spacial score (nSPS) is 11.6. The van der Waals surface area contributed by atoms with E-state index in [1.165, 1.54) is 7.11 Å². The zero-order valence-corrected chi connectivity index (χ0v) is 11.8. The van der Waals surface area contributed by atoms with Gasteiger partial charge in [-0.15, -0.1) is 0 Å². The predicted octanol–water partition coefficient (Wildman–Crippen LogP) is 1.69. The summed E-state index contributed by atoms with van der Waals surface area (Å²) in [5.41, 5.74) is 0.395. The number of hydrogen-bond acceptors (Lipinski definition) is 4. The molecule has 20 heavy (non-hydrogen) atoms. The van der Waals surface area contributed by atoms with Crippen molar-refractivity contribution in [3.63, 3.8) is 0 Å². The third-order valence-electron chi connectivity index (χ3n) is 2.58. The second-order valence-corrected chi connectivity index (χ2v) is 4.27. The molecule has 0 saturated heterocycles. The Morgan fingerprint density at radius 3 is 2.60 bits per heavy atom. The quantitative estimate of drug-likeness (QED) is 0.794. The van der Waals surface area contributed by atoms with Gasteiger partial charge in [0.2, 0.25) is 0 Å². The number of benzene rings is 1. The lowest BCUT2D eigenvalue weighted by Crippen LogP contribution is -2.34. The fraction of sp³-hybridized carbons (Fsp3) is 0.429. The summed E-state index contributed by atoms with van der Waals surface area (Å²) in [6.07, 6.45) is -0.125. The van der Waals surface area contributed by atoms with Crippen LogP contribution in [0.2, 0.25) is 0 Å². The molecule has 0 aliphatic rings. The van der Waals surface area contributed by atoms with Crippen molar-refractivity contribution >= 4 is 11.9 Å². The molecule has 0 fully saturated rings. The Labute approximate surface area is 117 Å². The van der Waals surface area contributed by atoms with Crippen LogP contribution in [-0.4, -0.2) is 36.7 Å². The Morgan fingerprint density at radius 1 is 1.35 bits per heavy atom. The fourth-order valence-corrected chi connectivity index (χ4v) is 1.71. The average Bonchev–Trinajstić information content (AvgIpc) is 2.37. The molecule has 1 rings (SSSR count). The molecule has 6 nitrogen and oxygen atoms in total. The van der Waals surface area contributed by atoms with E-state index in [1.807, 2.05) is 6.92 Å². The van der Waals surface area contributed by atoms with Crippen LogP contribution in [-0.2, 0) is 4.79 Å². The number of ether oxygens (including phenoxy) is 2. The topological polar surface area (TPSA) is 84.9 Å². The summed E-state index contributed by atoms with van der Waals surface area (Å²) in [5, 5.41) is 11.3. The van der Waals surface area contributed by atoms with Gasteiger partial charge in [0.05, 0.1) is 20.1 Å². The lowest BCUT2D eigenvalue weighted by molar-refractivity contribution is -0.137. The molecule has 1 unspecified atom stereocenters. The average molecular weight is 281 g/mol. The molecule has 0 saturated carbocycles. The number of amides is 1. The molecule has 1 atom stereocenters. The van der Waals surface area contributed by atoms with E-state index < -0.39 is 12.0 Å². The van der Waals surface area contributed by atoms with E-state index in [9.17, 15) is 9.59 Å². The Morgan fingerprint density at radius 2 is 2.05 bits per heavy atom. The van der Waals surface area contributed by atoms with E-state index in [4.69, 9.17) is 14.6 Å². The van der Waals surface area contributed by atoms with Gasteiger partial charge in [0, 0.05) is 11.6 Å². The molecule has 0 aromatic heterocycles. The highest BCUT2D eigenvalue weighted by Crippen LogP contribution is 2.28. The predicted molar refractivity (Wildman–Crippen MR) is 73.3 cm³/mol. The van der Waals surface area contributed by atoms with Crippen molar-refractivity contribution < 1.29 is 24.2 Å². The van der Waals surface area contributed by atoms with Crippen molar-refractivity contribution in [2.45, 2.75) is 26.3 Å². The van der Waals surface area contributed by atoms with Crippen LogP contribution in [0.1, 0.15) is 30.6 Å². The van der Waals surface area contributed by atoms with Gasteiger partial charge in [-0.05, 0) is 32.0 Å². The third-order valence-corrected chi connectivity index (χ3v) is 2.58.